The molecule has 6 nitrogen and oxygen atoms in total. The van der Waals surface area contributed by atoms with Crippen LogP contribution in [0.2, 0.25) is 0 Å². The van der Waals surface area contributed by atoms with Crippen LogP contribution in [0, 0.1) is 5.41 Å². The van der Waals surface area contributed by atoms with Crippen molar-refractivity contribution in [1.29, 1.82) is 0 Å². The maximum Gasteiger partial charge on any atom is 0.348 e. The molecule has 2 atom stereocenters. The summed E-state index contributed by atoms with van der Waals surface area (Å²) in [5.74, 6) is -1.58. The van der Waals surface area contributed by atoms with Crippen molar-refractivity contribution in [2.45, 2.75) is 78.1 Å². The van der Waals surface area contributed by atoms with Gasteiger partial charge in [-0.15, -0.1) is 0 Å². The molecule has 0 saturated carbocycles. The zero-order chi connectivity index (χ0) is 18.8. The molecule has 2 unspecified atom stereocenters. The van der Waals surface area contributed by atoms with Crippen molar-refractivity contribution in [2.24, 2.45) is 5.41 Å². The highest BCUT2D eigenvalue weighted by Crippen LogP contribution is 2.36. The molecule has 1 aliphatic heterocycles. The van der Waals surface area contributed by atoms with Gasteiger partial charge < -0.3 is 14.2 Å². The topological polar surface area (TPSA) is 78.9 Å². The first-order chi connectivity index (χ1) is 10.8. The van der Waals surface area contributed by atoms with E-state index in [1.807, 2.05) is 6.92 Å². The normalized spacial score (nSPS) is 22.2. The van der Waals surface area contributed by atoms with Gasteiger partial charge in [0.05, 0.1) is 5.41 Å². The summed E-state index contributed by atoms with van der Waals surface area (Å²) >= 11 is 0. The van der Waals surface area contributed by atoms with Crippen molar-refractivity contribution in [2.75, 3.05) is 0 Å². The first-order valence-electron chi connectivity index (χ1n) is 8.13. The van der Waals surface area contributed by atoms with E-state index in [1.165, 1.54) is 0 Å². The fraction of sp³-hybridized carbons (Fsp3) is 0.722. The lowest BCUT2D eigenvalue weighted by Crippen LogP contribution is -2.41. The number of hydrogen-bond donors (Lipinski definition) is 0. The smallest absolute Gasteiger partial charge is 0.348 e. The second kappa shape index (κ2) is 6.95. The molecule has 0 aliphatic carbocycles. The molecule has 0 spiro atoms. The molecule has 0 aromatic rings. The van der Waals surface area contributed by atoms with Crippen molar-refractivity contribution in [3.63, 3.8) is 0 Å². The zero-order valence-corrected chi connectivity index (χ0v) is 15.4. The largest absolute Gasteiger partial charge is 0.457 e. The van der Waals surface area contributed by atoms with Gasteiger partial charge >= 0.3 is 17.9 Å². The summed E-state index contributed by atoms with van der Waals surface area (Å²) in [7, 11) is 0. The minimum atomic E-state index is -0.931. The first kappa shape index (κ1) is 20.2. The fourth-order valence-electron chi connectivity index (χ4n) is 2.81. The quantitative estimate of drug-likeness (QED) is 0.403. The zero-order valence-electron chi connectivity index (χ0n) is 15.4. The van der Waals surface area contributed by atoms with Gasteiger partial charge in [0.2, 0.25) is 6.10 Å². The Kier molecular flexibility index (Phi) is 5.85. The number of ether oxygens (including phenoxy) is 3. The van der Waals surface area contributed by atoms with Crippen LogP contribution in [0.15, 0.2) is 12.7 Å². The lowest BCUT2D eigenvalue weighted by atomic mass is 9.79. The molecular weight excluding hydrogens is 312 g/mol. The molecule has 0 radical (unpaired) electrons. The number of rotatable bonds is 7. The van der Waals surface area contributed by atoms with Crippen LogP contribution in [-0.2, 0) is 28.6 Å². The molecule has 6 heteroatoms. The molecular formula is C18H28O6. The number of hydrogen-bond acceptors (Lipinski definition) is 6. The van der Waals surface area contributed by atoms with E-state index < -0.39 is 40.6 Å². The lowest BCUT2D eigenvalue weighted by Gasteiger charge is -2.35. The van der Waals surface area contributed by atoms with E-state index in [0.717, 1.165) is 6.08 Å². The first-order valence-corrected chi connectivity index (χ1v) is 8.13. The van der Waals surface area contributed by atoms with Gasteiger partial charge in [-0.1, -0.05) is 13.5 Å². The van der Waals surface area contributed by atoms with E-state index in [-0.39, 0.29) is 6.42 Å². The van der Waals surface area contributed by atoms with Crippen LogP contribution in [0.1, 0.15) is 60.8 Å². The van der Waals surface area contributed by atoms with Gasteiger partial charge in [-0.25, -0.2) is 9.59 Å². The Morgan fingerprint density at radius 2 is 1.96 bits per heavy atom. The van der Waals surface area contributed by atoms with Crippen LogP contribution < -0.4 is 0 Å². The average Bonchev–Trinajstić information content (AvgIpc) is 2.70. The van der Waals surface area contributed by atoms with E-state index in [2.05, 4.69) is 6.58 Å². The van der Waals surface area contributed by atoms with Crippen LogP contribution in [0.5, 0.6) is 0 Å². The SMILES string of the molecule is C=CC(=O)OC(C)(CC)CC(C)(C)C(=O)OC1CC(C)(C)OC1=O. The Balaban J connectivity index is 2.79. The molecule has 0 N–H and O–H groups in total. The minimum Gasteiger partial charge on any atom is -0.457 e. The molecule has 0 bridgehead atoms. The molecule has 1 heterocycles. The molecule has 136 valence electrons. The van der Waals surface area contributed by atoms with Gasteiger partial charge in [0, 0.05) is 18.9 Å². The summed E-state index contributed by atoms with van der Waals surface area (Å²) < 4.78 is 15.9. The monoisotopic (exact) mass is 340 g/mol. The van der Waals surface area contributed by atoms with E-state index in [1.54, 1.807) is 34.6 Å². The second-order valence-electron chi connectivity index (χ2n) is 7.77. The van der Waals surface area contributed by atoms with Crippen LogP contribution in [0.3, 0.4) is 0 Å². The molecule has 1 fully saturated rings. The predicted molar refractivity (Wildman–Crippen MR) is 88.1 cm³/mol. The van der Waals surface area contributed by atoms with Gasteiger partial charge in [-0.3, -0.25) is 4.79 Å². The maximum atomic E-state index is 12.5. The Labute approximate surface area is 143 Å². The molecule has 1 rings (SSSR count). The third-order valence-corrected chi connectivity index (χ3v) is 4.20. The Hall–Kier alpha value is -1.85. The maximum absolute atomic E-state index is 12.5. The summed E-state index contributed by atoms with van der Waals surface area (Å²) in [6.07, 6.45) is 1.32. The molecule has 1 saturated heterocycles. The van der Waals surface area contributed by atoms with Crippen molar-refractivity contribution in [1.82, 2.24) is 0 Å². The number of esters is 3. The predicted octanol–water partition coefficient (Wildman–Crippen LogP) is 2.94. The van der Waals surface area contributed by atoms with Crippen molar-refractivity contribution in [3.05, 3.63) is 12.7 Å². The van der Waals surface area contributed by atoms with Crippen LogP contribution in [0.4, 0.5) is 0 Å². The van der Waals surface area contributed by atoms with Crippen LogP contribution >= 0.6 is 0 Å². The Bertz CT molecular complexity index is 534. The number of cyclic esters (lactones) is 1. The summed E-state index contributed by atoms with van der Waals surface area (Å²) in [5.41, 5.74) is -2.40. The number of carbonyl (C=O) groups is 3. The van der Waals surface area contributed by atoms with Gasteiger partial charge in [0.15, 0.2) is 0 Å². The molecule has 0 aromatic carbocycles. The van der Waals surface area contributed by atoms with Crippen molar-refractivity contribution >= 4 is 17.9 Å². The average molecular weight is 340 g/mol. The third-order valence-electron chi connectivity index (χ3n) is 4.20. The van der Waals surface area contributed by atoms with Gasteiger partial charge in [0.25, 0.3) is 0 Å². The van der Waals surface area contributed by atoms with E-state index >= 15 is 0 Å². The van der Waals surface area contributed by atoms with Gasteiger partial charge in [-0.05, 0) is 41.0 Å². The van der Waals surface area contributed by atoms with E-state index in [9.17, 15) is 14.4 Å². The Morgan fingerprint density at radius 1 is 1.38 bits per heavy atom. The lowest BCUT2D eigenvalue weighted by molar-refractivity contribution is -0.173. The van der Waals surface area contributed by atoms with Crippen molar-refractivity contribution in [3.8, 4) is 0 Å². The Morgan fingerprint density at radius 3 is 2.38 bits per heavy atom. The molecule has 1 aliphatic rings. The summed E-state index contributed by atoms with van der Waals surface area (Å²) in [6.45, 7) is 14.0. The van der Waals surface area contributed by atoms with Crippen LogP contribution in [0.25, 0.3) is 0 Å². The molecule has 0 amide bonds. The second-order valence-corrected chi connectivity index (χ2v) is 7.77. The van der Waals surface area contributed by atoms with Gasteiger partial charge in [-0.2, -0.15) is 0 Å². The van der Waals surface area contributed by atoms with Crippen LogP contribution in [-0.4, -0.2) is 35.2 Å². The van der Waals surface area contributed by atoms with E-state index in [0.29, 0.717) is 12.8 Å². The number of carbonyl (C=O) groups excluding carboxylic acids is 3. The highest BCUT2D eigenvalue weighted by Gasteiger charge is 2.46. The van der Waals surface area contributed by atoms with E-state index in [4.69, 9.17) is 14.2 Å². The van der Waals surface area contributed by atoms with Gasteiger partial charge in [0.1, 0.15) is 11.2 Å². The summed E-state index contributed by atoms with van der Waals surface area (Å²) in [5, 5.41) is 0. The van der Waals surface area contributed by atoms with Crippen molar-refractivity contribution < 1.29 is 28.6 Å². The molecule has 0 aromatic heterocycles. The molecule has 24 heavy (non-hydrogen) atoms. The third kappa shape index (κ3) is 5.08. The highest BCUT2D eigenvalue weighted by molar-refractivity contribution is 5.84. The highest BCUT2D eigenvalue weighted by atomic mass is 16.6. The fourth-order valence-corrected chi connectivity index (χ4v) is 2.81. The summed E-state index contributed by atoms with van der Waals surface area (Å²) in [6, 6.07) is 0. The minimum absolute atomic E-state index is 0.264. The standard InChI is InChI=1S/C18H28O6/c1-8-13(19)23-18(7,9-2)11-16(3,4)15(21)22-12-10-17(5,6)24-14(12)20/h8,12H,1,9-11H2,2-7H3. The summed E-state index contributed by atoms with van der Waals surface area (Å²) in [4.78, 5) is 35.9.